The highest BCUT2D eigenvalue weighted by Gasteiger charge is 2.46. The maximum atomic E-state index is 12.6. The Bertz CT molecular complexity index is 697. The number of nitrogen functional groups attached to an aromatic ring is 1. The highest BCUT2D eigenvalue weighted by Crippen LogP contribution is 2.39. The van der Waals surface area contributed by atoms with E-state index in [1.165, 1.54) is 0 Å². The molecule has 28 heavy (non-hydrogen) atoms. The van der Waals surface area contributed by atoms with Crippen molar-refractivity contribution in [3.05, 3.63) is 18.3 Å². The van der Waals surface area contributed by atoms with Crippen LogP contribution in [0.25, 0.3) is 0 Å². The fraction of sp³-hybridized carbons (Fsp3) is 0.700. The molecule has 0 spiro atoms. The smallest absolute Gasteiger partial charge is 0.410 e. The van der Waals surface area contributed by atoms with E-state index in [9.17, 15) is 4.79 Å². The first-order valence-electron chi connectivity index (χ1n) is 9.72. The minimum absolute atomic E-state index is 0.0426. The first-order chi connectivity index (χ1) is 12.7. The molecule has 2 atom stereocenters. The zero-order valence-corrected chi connectivity index (χ0v) is 19.4. The second kappa shape index (κ2) is 7.91. The van der Waals surface area contributed by atoms with E-state index in [4.69, 9.17) is 19.6 Å². The molecule has 2 N–H and O–H groups in total. The summed E-state index contributed by atoms with van der Waals surface area (Å²) in [5.74, 6) is 0.363. The number of ether oxygens (including phenoxy) is 2. The van der Waals surface area contributed by atoms with E-state index in [1.54, 1.807) is 23.2 Å². The summed E-state index contributed by atoms with van der Waals surface area (Å²) >= 11 is 0. The van der Waals surface area contributed by atoms with Crippen LogP contribution in [-0.2, 0) is 9.16 Å². The van der Waals surface area contributed by atoms with Crippen LogP contribution in [-0.4, -0.2) is 55.2 Å². The number of rotatable bonds is 4. The summed E-state index contributed by atoms with van der Waals surface area (Å²) in [7, 11) is -2.06. The third-order valence-corrected chi connectivity index (χ3v) is 9.69. The predicted octanol–water partition coefficient (Wildman–Crippen LogP) is 4.05. The van der Waals surface area contributed by atoms with E-state index < -0.39 is 13.9 Å². The van der Waals surface area contributed by atoms with E-state index in [0.29, 0.717) is 24.7 Å². The maximum Gasteiger partial charge on any atom is 0.410 e. The Morgan fingerprint density at radius 2 is 1.79 bits per heavy atom. The van der Waals surface area contributed by atoms with Crippen molar-refractivity contribution in [2.45, 2.75) is 77.5 Å². The molecule has 1 saturated heterocycles. The summed E-state index contributed by atoms with van der Waals surface area (Å²) < 4.78 is 18.2. The van der Waals surface area contributed by atoms with E-state index >= 15 is 0 Å². The molecule has 0 aromatic carbocycles. The lowest BCUT2D eigenvalue weighted by molar-refractivity contribution is 0.0270. The van der Waals surface area contributed by atoms with Crippen LogP contribution in [0.1, 0.15) is 41.5 Å². The molecule has 0 saturated carbocycles. The first kappa shape index (κ1) is 22.5. The number of hydrogen-bond acceptors (Lipinski definition) is 6. The molecule has 0 unspecified atom stereocenters. The molecule has 0 aliphatic carbocycles. The molecule has 2 heterocycles. The second-order valence-corrected chi connectivity index (χ2v) is 14.6. The van der Waals surface area contributed by atoms with Gasteiger partial charge in [-0.05, 0) is 51.0 Å². The summed E-state index contributed by atoms with van der Waals surface area (Å²) in [5, 5.41) is 0.0426. The highest BCUT2D eigenvalue weighted by molar-refractivity contribution is 6.74. The van der Waals surface area contributed by atoms with Gasteiger partial charge in [0, 0.05) is 6.20 Å². The Morgan fingerprint density at radius 1 is 1.18 bits per heavy atom. The number of nitrogens with two attached hydrogens (primary N) is 1. The molecule has 0 radical (unpaired) electrons. The summed E-state index contributed by atoms with van der Waals surface area (Å²) in [6.07, 6.45) is 0.640. The first-order valence-corrected chi connectivity index (χ1v) is 12.6. The topological polar surface area (TPSA) is 86.9 Å². The molecule has 1 fully saturated rings. The molecule has 1 aliphatic heterocycles. The molecule has 7 nitrogen and oxygen atoms in total. The van der Waals surface area contributed by atoms with Gasteiger partial charge in [-0.25, -0.2) is 9.78 Å². The van der Waals surface area contributed by atoms with Crippen LogP contribution in [0.15, 0.2) is 18.3 Å². The molecular formula is C20H35N3O4Si. The van der Waals surface area contributed by atoms with Crippen molar-refractivity contribution in [3.8, 4) is 5.88 Å². The molecule has 1 amide bonds. The maximum absolute atomic E-state index is 12.6. The normalized spacial score (nSPS) is 20.9. The Morgan fingerprint density at radius 3 is 2.32 bits per heavy atom. The number of hydrogen-bond donors (Lipinski definition) is 1. The van der Waals surface area contributed by atoms with Crippen LogP contribution in [0.4, 0.5) is 10.5 Å². The van der Waals surface area contributed by atoms with Crippen LogP contribution in [0.3, 0.4) is 0 Å². The predicted molar refractivity (Wildman–Crippen MR) is 113 cm³/mol. The highest BCUT2D eigenvalue weighted by atomic mass is 28.4. The van der Waals surface area contributed by atoms with Crippen LogP contribution in [0.2, 0.25) is 18.1 Å². The van der Waals surface area contributed by atoms with Gasteiger partial charge in [-0.3, -0.25) is 0 Å². The Kier molecular flexibility index (Phi) is 6.35. The number of pyridine rings is 1. The largest absolute Gasteiger partial charge is 0.468 e. The summed E-state index contributed by atoms with van der Waals surface area (Å²) in [4.78, 5) is 18.5. The van der Waals surface area contributed by atoms with Gasteiger partial charge in [0.05, 0.1) is 18.8 Å². The van der Waals surface area contributed by atoms with Crippen molar-refractivity contribution >= 4 is 20.1 Å². The van der Waals surface area contributed by atoms with Crippen molar-refractivity contribution in [3.63, 3.8) is 0 Å². The van der Waals surface area contributed by atoms with E-state index in [-0.39, 0.29) is 23.3 Å². The molecule has 158 valence electrons. The summed E-state index contributed by atoms with van der Waals surface area (Å²) in [5.41, 5.74) is 5.90. The molecule has 0 bridgehead atoms. The van der Waals surface area contributed by atoms with Crippen molar-refractivity contribution in [2.24, 2.45) is 0 Å². The number of nitrogens with zero attached hydrogens (tertiary/aromatic N) is 2. The number of anilines is 1. The zero-order valence-electron chi connectivity index (χ0n) is 18.4. The average molecular weight is 410 g/mol. The standard InChI is InChI=1S/C20H35N3O4Si/c1-19(2,3)26-18(24)23-12-15(25-17-14(21)10-9-11-22-17)16(13-23)27-28(7,8)20(4,5)6/h9-11,15-16H,12-13,21H2,1-8H3/t15-,16-/m0/s1. The number of carbonyl (C=O) groups excluding carboxylic acids is 1. The number of likely N-dealkylation sites (tertiary alicyclic amines) is 1. The van der Waals surface area contributed by atoms with Gasteiger partial charge in [-0.2, -0.15) is 0 Å². The van der Waals surface area contributed by atoms with Crippen LogP contribution >= 0.6 is 0 Å². The molecule has 1 aliphatic rings. The lowest BCUT2D eigenvalue weighted by atomic mass is 10.2. The quantitative estimate of drug-likeness (QED) is 0.755. The van der Waals surface area contributed by atoms with E-state index in [0.717, 1.165) is 0 Å². The van der Waals surface area contributed by atoms with E-state index in [2.05, 4.69) is 38.8 Å². The Hall–Kier alpha value is -1.80. The minimum atomic E-state index is -2.06. The summed E-state index contributed by atoms with van der Waals surface area (Å²) in [6, 6.07) is 3.50. The third-order valence-electron chi connectivity index (χ3n) is 5.18. The van der Waals surface area contributed by atoms with Gasteiger partial charge in [0.1, 0.15) is 17.8 Å². The van der Waals surface area contributed by atoms with Gasteiger partial charge in [-0.15, -0.1) is 0 Å². The average Bonchev–Trinajstić information content (AvgIpc) is 2.89. The van der Waals surface area contributed by atoms with Gasteiger partial charge >= 0.3 is 6.09 Å². The van der Waals surface area contributed by atoms with Gasteiger partial charge in [-0.1, -0.05) is 20.8 Å². The number of carbonyl (C=O) groups is 1. The lowest BCUT2D eigenvalue weighted by Gasteiger charge is -2.39. The monoisotopic (exact) mass is 409 g/mol. The van der Waals surface area contributed by atoms with Gasteiger partial charge in [0.15, 0.2) is 8.32 Å². The molecule has 1 aromatic rings. The molecule has 2 rings (SSSR count). The molecular weight excluding hydrogens is 374 g/mol. The third kappa shape index (κ3) is 5.61. The van der Waals surface area contributed by atoms with Gasteiger partial charge in [0.2, 0.25) is 5.88 Å². The molecule has 1 aromatic heterocycles. The molecule has 8 heteroatoms. The van der Waals surface area contributed by atoms with Crippen molar-refractivity contribution in [1.29, 1.82) is 0 Å². The fourth-order valence-corrected chi connectivity index (χ4v) is 3.98. The van der Waals surface area contributed by atoms with Crippen molar-refractivity contribution in [2.75, 3.05) is 18.8 Å². The van der Waals surface area contributed by atoms with Crippen LogP contribution in [0, 0.1) is 0 Å². The van der Waals surface area contributed by atoms with Gasteiger partial charge < -0.3 is 24.5 Å². The minimum Gasteiger partial charge on any atom is -0.468 e. The van der Waals surface area contributed by atoms with E-state index in [1.807, 2.05) is 20.8 Å². The van der Waals surface area contributed by atoms with Crippen molar-refractivity contribution < 1.29 is 18.7 Å². The number of aromatic nitrogens is 1. The lowest BCUT2D eigenvalue weighted by Crippen LogP contribution is -2.48. The van der Waals surface area contributed by atoms with Gasteiger partial charge in [0.25, 0.3) is 0 Å². The Labute approximate surface area is 169 Å². The Balaban J connectivity index is 2.22. The second-order valence-electron chi connectivity index (χ2n) is 9.86. The van der Waals surface area contributed by atoms with Crippen LogP contribution in [0.5, 0.6) is 5.88 Å². The summed E-state index contributed by atoms with van der Waals surface area (Å²) in [6.45, 7) is 17.3. The SMILES string of the molecule is CC(C)(C)OC(=O)N1C[C@H](Oc2ncccc2N)[C@@H](O[Si](C)(C)C(C)(C)C)C1. The fourth-order valence-electron chi connectivity index (χ4n) is 2.65. The van der Waals surface area contributed by atoms with Crippen LogP contribution < -0.4 is 10.5 Å². The van der Waals surface area contributed by atoms with Crippen molar-refractivity contribution in [1.82, 2.24) is 9.88 Å². The zero-order chi connectivity index (χ0) is 21.3. The number of amides is 1.